The third-order valence-corrected chi connectivity index (χ3v) is 2.27. The van der Waals surface area contributed by atoms with Crippen LogP contribution in [0.4, 0.5) is 13.2 Å². The first-order chi connectivity index (χ1) is 8.88. The maximum absolute atomic E-state index is 12.0. The molecule has 1 aromatic rings. The van der Waals surface area contributed by atoms with Crippen LogP contribution in [-0.4, -0.2) is 18.1 Å². The van der Waals surface area contributed by atoms with E-state index < -0.39 is 18.6 Å². The lowest BCUT2D eigenvalue weighted by molar-refractivity contribution is -0.136. The normalized spacial score (nSPS) is 12.1. The van der Waals surface area contributed by atoms with Crippen LogP contribution in [0.2, 0.25) is 0 Å². The second kappa shape index (κ2) is 8.56. The molecular formula is C14H20F3NO. The quantitative estimate of drug-likeness (QED) is 0.877. The van der Waals surface area contributed by atoms with E-state index in [-0.39, 0.29) is 12.3 Å². The molecule has 0 saturated heterocycles. The zero-order valence-electron chi connectivity index (χ0n) is 11.4. The molecule has 0 aliphatic carbocycles. The molecule has 1 N–H and O–H groups in total. The van der Waals surface area contributed by atoms with Crippen LogP contribution in [0.3, 0.4) is 0 Å². The zero-order chi connectivity index (χ0) is 14.9. The lowest BCUT2D eigenvalue weighted by Gasteiger charge is -2.14. The molecule has 0 saturated carbocycles. The Kier molecular flexibility index (Phi) is 7.87. The first-order valence-electron chi connectivity index (χ1n) is 6.31. The van der Waals surface area contributed by atoms with Crippen molar-refractivity contribution >= 4 is 5.91 Å². The van der Waals surface area contributed by atoms with Gasteiger partial charge >= 0.3 is 6.18 Å². The Morgan fingerprint density at radius 3 is 2.21 bits per heavy atom. The summed E-state index contributed by atoms with van der Waals surface area (Å²) in [5.41, 5.74) is 0.450. The molecule has 0 aliphatic rings. The minimum absolute atomic E-state index is 0.109. The van der Waals surface area contributed by atoms with Gasteiger partial charge in [-0.3, -0.25) is 4.79 Å². The van der Waals surface area contributed by atoms with Crippen LogP contribution in [0.25, 0.3) is 0 Å². The molecule has 0 aromatic heterocycles. The molecule has 0 heterocycles. The molecule has 108 valence electrons. The Morgan fingerprint density at radius 1 is 1.21 bits per heavy atom. The van der Waals surface area contributed by atoms with Crippen LogP contribution >= 0.6 is 0 Å². The maximum Gasteiger partial charge on any atom is 0.389 e. The largest absolute Gasteiger partial charge is 0.389 e. The predicted octanol–water partition coefficient (Wildman–Crippen LogP) is 4.17. The number of halogens is 3. The fourth-order valence-electron chi connectivity index (χ4n) is 1.35. The highest BCUT2D eigenvalue weighted by Gasteiger charge is 2.27. The van der Waals surface area contributed by atoms with Crippen LogP contribution in [-0.2, 0) is 0 Å². The van der Waals surface area contributed by atoms with Crippen molar-refractivity contribution in [3.8, 4) is 0 Å². The van der Waals surface area contributed by atoms with E-state index in [0.29, 0.717) is 5.56 Å². The summed E-state index contributed by atoms with van der Waals surface area (Å²) in [6.07, 6.45) is -5.17. The Labute approximate surface area is 112 Å². The van der Waals surface area contributed by atoms with E-state index in [1.165, 1.54) is 0 Å². The van der Waals surface area contributed by atoms with Crippen LogP contribution in [0.15, 0.2) is 30.3 Å². The molecule has 1 aromatic carbocycles. The van der Waals surface area contributed by atoms with Crippen LogP contribution in [0, 0.1) is 0 Å². The van der Waals surface area contributed by atoms with E-state index in [0.717, 1.165) is 0 Å². The standard InChI is InChI=1S/C12H14F3NO.C2H6/c1-9(7-8-12(13,14)15)16-11(17)10-5-3-2-4-6-10;1-2/h2-6,9H,7-8H2,1H3,(H,16,17);1-2H3. The van der Waals surface area contributed by atoms with E-state index >= 15 is 0 Å². The van der Waals surface area contributed by atoms with E-state index in [1.807, 2.05) is 13.8 Å². The number of hydrogen-bond acceptors (Lipinski definition) is 1. The summed E-state index contributed by atoms with van der Waals surface area (Å²) >= 11 is 0. The summed E-state index contributed by atoms with van der Waals surface area (Å²) in [6, 6.07) is 7.91. The summed E-state index contributed by atoms with van der Waals surface area (Å²) in [6.45, 7) is 5.56. The van der Waals surface area contributed by atoms with E-state index in [9.17, 15) is 18.0 Å². The van der Waals surface area contributed by atoms with Gasteiger partial charge in [0.15, 0.2) is 0 Å². The van der Waals surface area contributed by atoms with Crippen LogP contribution in [0.5, 0.6) is 0 Å². The molecule has 0 radical (unpaired) electrons. The molecule has 19 heavy (non-hydrogen) atoms. The highest BCUT2D eigenvalue weighted by atomic mass is 19.4. The van der Waals surface area contributed by atoms with Crippen LogP contribution in [0.1, 0.15) is 44.0 Å². The van der Waals surface area contributed by atoms with Gasteiger partial charge in [0, 0.05) is 18.0 Å². The lowest BCUT2D eigenvalue weighted by Crippen LogP contribution is -2.33. The SMILES string of the molecule is CC.CC(CCC(F)(F)F)NC(=O)c1ccccc1. The Morgan fingerprint density at radius 2 is 1.74 bits per heavy atom. The molecular weight excluding hydrogens is 255 g/mol. The Balaban J connectivity index is 0.00000154. The summed E-state index contributed by atoms with van der Waals surface area (Å²) in [7, 11) is 0. The van der Waals surface area contributed by atoms with Crippen molar-refractivity contribution in [3.05, 3.63) is 35.9 Å². The van der Waals surface area contributed by atoms with Gasteiger partial charge < -0.3 is 5.32 Å². The van der Waals surface area contributed by atoms with Crippen molar-refractivity contribution in [1.82, 2.24) is 5.32 Å². The first-order valence-corrected chi connectivity index (χ1v) is 6.31. The zero-order valence-corrected chi connectivity index (χ0v) is 11.4. The number of benzene rings is 1. The van der Waals surface area contributed by atoms with E-state index in [4.69, 9.17) is 0 Å². The van der Waals surface area contributed by atoms with Crippen molar-refractivity contribution in [3.63, 3.8) is 0 Å². The summed E-state index contributed by atoms with van der Waals surface area (Å²) in [4.78, 5) is 11.6. The molecule has 0 spiro atoms. The minimum atomic E-state index is -4.17. The smallest absolute Gasteiger partial charge is 0.350 e. The second-order valence-electron chi connectivity index (χ2n) is 3.89. The van der Waals surface area contributed by atoms with Gasteiger partial charge in [0.25, 0.3) is 5.91 Å². The summed E-state index contributed by atoms with van der Waals surface area (Å²) in [5, 5.41) is 2.53. The molecule has 0 bridgehead atoms. The molecule has 1 unspecified atom stereocenters. The van der Waals surface area contributed by atoms with Gasteiger partial charge in [-0.05, 0) is 25.5 Å². The van der Waals surface area contributed by atoms with Gasteiger partial charge in [0.2, 0.25) is 0 Å². The number of hydrogen-bond donors (Lipinski definition) is 1. The molecule has 1 amide bonds. The highest BCUT2D eigenvalue weighted by Crippen LogP contribution is 2.22. The van der Waals surface area contributed by atoms with Gasteiger partial charge in [0.05, 0.1) is 0 Å². The second-order valence-corrected chi connectivity index (χ2v) is 3.89. The summed E-state index contributed by atoms with van der Waals surface area (Å²) < 4.78 is 35.9. The number of nitrogens with one attached hydrogen (secondary N) is 1. The van der Waals surface area contributed by atoms with Gasteiger partial charge in [-0.15, -0.1) is 0 Å². The minimum Gasteiger partial charge on any atom is -0.350 e. The van der Waals surface area contributed by atoms with Crippen molar-refractivity contribution in [2.45, 2.75) is 45.8 Å². The third kappa shape index (κ3) is 8.24. The fraction of sp³-hybridized carbons (Fsp3) is 0.500. The number of carbonyl (C=O) groups is 1. The number of carbonyl (C=O) groups excluding carboxylic acids is 1. The molecule has 0 fully saturated rings. The Hall–Kier alpha value is -1.52. The average Bonchev–Trinajstić information content (AvgIpc) is 2.39. The molecule has 1 rings (SSSR count). The predicted molar refractivity (Wildman–Crippen MR) is 70.0 cm³/mol. The van der Waals surface area contributed by atoms with Crippen molar-refractivity contribution in [2.75, 3.05) is 0 Å². The van der Waals surface area contributed by atoms with E-state index in [1.54, 1.807) is 37.3 Å². The highest BCUT2D eigenvalue weighted by molar-refractivity contribution is 5.94. The van der Waals surface area contributed by atoms with Crippen molar-refractivity contribution in [1.29, 1.82) is 0 Å². The third-order valence-electron chi connectivity index (χ3n) is 2.27. The molecule has 2 nitrogen and oxygen atoms in total. The van der Waals surface area contributed by atoms with E-state index in [2.05, 4.69) is 5.32 Å². The molecule has 5 heteroatoms. The Bertz CT molecular complexity index is 363. The fourth-order valence-corrected chi connectivity index (χ4v) is 1.35. The number of rotatable bonds is 4. The van der Waals surface area contributed by atoms with Gasteiger partial charge in [0.1, 0.15) is 0 Å². The summed E-state index contributed by atoms with van der Waals surface area (Å²) in [5.74, 6) is -0.347. The average molecular weight is 275 g/mol. The topological polar surface area (TPSA) is 29.1 Å². The lowest BCUT2D eigenvalue weighted by atomic mass is 10.1. The monoisotopic (exact) mass is 275 g/mol. The maximum atomic E-state index is 12.0. The molecule has 1 atom stereocenters. The first kappa shape index (κ1) is 17.5. The van der Waals surface area contributed by atoms with Crippen LogP contribution < -0.4 is 5.32 Å². The van der Waals surface area contributed by atoms with Gasteiger partial charge in [-0.2, -0.15) is 13.2 Å². The van der Waals surface area contributed by atoms with Gasteiger partial charge in [-0.1, -0.05) is 32.0 Å². The van der Waals surface area contributed by atoms with Crippen molar-refractivity contribution in [2.24, 2.45) is 0 Å². The van der Waals surface area contributed by atoms with Gasteiger partial charge in [-0.25, -0.2) is 0 Å². The van der Waals surface area contributed by atoms with Crippen molar-refractivity contribution < 1.29 is 18.0 Å². The molecule has 0 aliphatic heterocycles. The number of alkyl halides is 3. The number of amides is 1.